The first kappa shape index (κ1) is 18.8. The van der Waals surface area contributed by atoms with Crippen LogP contribution < -0.4 is 4.74 Å². The number of ether oxygens (including phenoxy) is 1. The molecule has 4 rings (SSSR count). The van der Waals surface area contributed by atoms with Crippen LogP contribution in [-0.4, -0.2) is 4.98 Å². The minimum Gasteiger partial charge on any atom is -0.457 e. The highest BCUT2D eigenvalue weighted by Gasteiger charge is 1.96. The van der Waals surface area contributed by atoms with Gasteiger partial charge in [-0.2, -0.15) is 0 Å². The molecule has 4 aromatic rings. The average molecular weight is 380 g/mol. The molecule has 144 valence electrons. The van der Waals surface area contributed by atoms with Crippen molar-refractivity contribution in [1.29, 1.82) is 0 Å². The summed E-state index contributed by atoms with van der Waals surface area (Å²) in [6, 6.07) is 26.7. The highest BCUT2D eigenvalue weighted by atomic mass is 16.5. The van der Waals surface area contributed by atoms with Gasteiger partial charge in [0.15, 0.2) is 0 Å². The van der Waals surface area contributed by atoms with Crippen molar-refractivity contribution in [3.63, 3.8) is 0 Å². The predicted octanol–water partition coefficient (Wildman–Crippen LogP) is 7.86. The van der Waals surface area contributed by atoms with Gasteiger partial charge in [0.25, 0.3) is 0 Å². The van der Waals surface area contributed by atoms with E-state index in [1.165, 1.54) is 22.0 Å². The fourth-order valence-corrected chi connectivity index (χ4v) is 3.23. The molecule has 0 aliphatic heterocycles. The van der Waals surface area contributed by atoms with Crippen LogP contribution in [0.2, 0.25) is 0 Å². The van der Waals surface area contributed by atoms with Gasteiger partial charge in [0.1, 0.15) is 11.5 Å². The predicted molar refractivity (Wildman–Crippen MR) is 123 cm³/mol. The number of aromatic nitrogens is 1. The van der Waals surface area contributed by atoms with Gasteiger partial charge in [0.05, 0.1) is 0 Å². The maximum absolute atomic E-state index is 5.83. The number of nitrogens with one attached hydrogen (secondary N) is 1. The lowest BCUT2D eigenvalue weighted by atomic mass is 10.1. The van der Waals surface area contributed by atoms with Crippen LogP contribution in [0.15, 0.2) is 97.2 Å². The molecule has 3 aromatic carbocycles. The molecule has 0 unspecified atom stereocenters. The second kappa shape index (κ2) is 9.61. The second-order valence-corrected chi connectivity index (χ2v) is 7.04. The highest BCUT2D eigenvalue weighted by molar-refractivity contribution is 5.81. The van der Waals surface area contributed by atoms with Crippen LogP contribution >= 0.6 is 0 Å². The van der Waals surface area contributed by atoms with Gasteiger partial charge in [0.2, 0.25) is 0 Å². The molecule has 1 heterocycles. The van der Waals surface area contributed by atoms with Crippen LogP contribution in [0.4, 0.5) is 0 Å². The molecule has 0 radical (unpaired) electrons. The summed E-state index contributed by atoms with van der Waals surface area (Å²) in [4.78, 5) is 3.26. The van der Waals surface area contributed by atoms with E-state index in [9.17, 15) is 0 Å². The number of rotatable bonds is 8. The van der Waals surface area contributed by atoms with E-state index in [0.29, 0.717) is 0 Å². The van der Waals surface area contributed by atoms with Crippen LogP contribution in [0.1, 0.15) is 30.4 Å². The molecule has 0 aliphatic carbocycles. The van der Waals surface area contributed by atoms with Crippen LogP contribution in [0.25, 0.3) is 23.1 Å². The van der Waals surface area contributed by atoms with Crippen LogP contribution in [-0.2, 0) is 0 Å². The minimum atomic E-state index is 0.857. The Labute approximate surface area is 172 Å². The Hall–Kier alpha value is -3.52. The van der Waals surface area contributed by atoms with Gasteiger partial charge in [-0.1, -0.05) is 66.8 Å². The molecule has 2 heteroatoms. The molecule has 0 fully saturated rings. The standard InChI is InChI=1S/C27H25NO/c1(3-6-10-23-13-16-24-19-20-28-27(24)21-23)2-5-9-22-14-17-26(18-15-22)29-25-11-7-4-8-12-25/h4-21,28H,1-3H2/b9-5+,10-6+. The quantitative estimate of drug-likeness (QED) is 0.310. The average Bonchev–Trinajstić information content (AvgIpc) is 3.23. The first-order valence-electron chi connectivity index (χ1n) is 10.1. The SMILES string of the molecule is C(=C\c1ccc(Oc2ccccc2)cc1)/CCC/C=C/c1ccc2cc[nH]c2c1. The van der Waals surface area contributed by atoms with Crippen LogP contribution in [0.5, 0.6) is 11.5 Å². The number of unbranched alkanes of at least 4 members (excludes halogenated alkanes) is 2. The van der Waals surface area contributed by atoms with Crippen molar-refractivity contribution in [2.75, 3.05) is 0 Å². The monoisotopic (exact) mass is 379 g/mol. The maximum Gasteiger partial charge on any atom is 0.127 e. The molecule has 1 aromatic heterocycles. The summed E-state index contributed by atoms with van der Waals surface area (Å²) < 4.78 is 5.83. The topological polar surface area (TPSA) is 25.0 Å². The summed E-state index contributed by atoms with van der Waals surface area (Å²) in [6.45, 7) is 0. The van der Waals surface area contributed by atoms with E-state index < -0.39 is 0 Å². The normalized spacial score (nSPS) is 11.6. The molecule has 2 nitrogen and oxygen atoms in total. The van der Waals surface area contributed by atoms with Crippen LogP contribution in [0, 0.1) is 0 Å². The van der Waals surface area contributed by atoms with Crippen molar-refractivity contribution in [2.24, 2.45) is 0 Å². The van der Waals surface area contributed by atoms with Crippen molar-refractivity contribution < 1.29 is 4.74 Å². The van der Waals surface area contributed by atoms with E-state index in [-0.39, 0.29) is 0 Å². The third kappa shape index (κ3) is 5.49. The van der Waals surface area contributed by atoms with Crippen molar-refractivity contribution >= 4 is 23.1 Å². The molecule has 0 bridgehead atoms. The van der Waals surface area contributed by atoms with E-state index in [2.05, 4.69) is 65.7 Å². The van der Waals surface area contributed by atoms with Crippen molar-refractivity contribution in [2.45, 2.75) is 19.3 Å². The van der Waals surface area contributed by atoms with E-state index >= 15 is 0 Å². The molecule has 0 amide bonds. The van der Waals surface area contributed by atoms with Crippen molar-refractivity contribution in [3.8, 4) is 11.5 Å². The van der Waals surface area contributed by atoms with E-state index in [1.54, 1.807) is 0 Å². The number of allylic oxidation sites excluding steroid dienone is 2. The molecule has 0 atom stereocenters. The van der Waals surface area contributed by atoms with Crippen molar-refractivity contribution in [3.05, 3.63) is 108 Å². The summed E-state index contributed by atoms with van der Waals surface area (Å²) in [6.07, 6.45) is 14.2. The zero-order valence-electron chi connectivity index (χ0n) is 16.4. The second-order valence-electron chi connectivity index (χ2n) is 7.04. The molecule has 0 saturated carbocycles. The summed E-state index contributed by atoms with van der Waals surface area (Å²) >= 11 is 0. The lowest BCUT2D eigenvalue weighted by Gasteiger charge is -2.05. The number of hydrogen-bond acceptors (Lipinski definition) is 1. The third-order valence-electron chi connectivity index (χ3n) is 4.80. The van der Waals surface area contributed by atoms with Gasteiger partial charge in [-0.05, 0) is 72.2 Å². The van der Waals surface area contributed by atoms with Gasteiger partial charge in [-0.15, -0.1) is 0 Å². The Bertz CT molecular complexity index is 1090. The highest BCUT2D eigenvalue weighted by Crippen LogP contribution is 2.21. The molecule has 1 N–H and O–H groups in total. The lowest BCUT2D eigenvalue weighted by Crippen LogP contribution is -1.83. The zero-order valence-corrected chi connectivity index (χ0v) is 16.4. The lowest BCUT2D eigenvalue weighted by molar-refractivity contribution is 0.482. The summed E-state index contributed by atoms with van der Waals surface area (Å²) in [5.41, 5.74) is 3.63. The summed E-state index contributed by atoms with van der Waals surface area (Å²) in [5.74, 6) is 1.72. The largest absolute Gasteiger partial charge is 0.457 e. The Morgan fingerprint density at radius 1 is 0.690 bits per heavy atom. The van der Waals surface area contributed by atoms with Gasteiger partial charge in [-0.3, -0.25) is 0 Å². The fourth-order valence-electron chi connectivity index (χ4n) is 3.23. The number of aromatic amines is 1. The Morgan fingerprint density at radius 2 is 1.38 bits per heavy atom. The Kier molecular flexibility index (Phi) is 6.24. The fraction of sp³-hybridized carbons (Fsp3) is 0.111. The van der Waals surface area contributed by atoms with E-state index in [0.717, 1.165) is 30.8 Å². The number of para-hydroxylation sites is 1. The first-order chi connectivity index (χ1) is 14.4. The smallest absolute Gasteiger partial charge is 0.127 e. The van der Waals surface area contributed by atoms with Crippen molar-refractivity contribution in [1.82, 2.24) is 4.98 Å². The third-order valence-corrected chi connectivity index (χ3v) is 4.80. The zero-order chi connectivity index (χ0) is 19.7. The molecule has 0 saturated heterocycles. The molecular formula is C27H25NO. The Morgan fingerprint density at radius 3 is 2.17 bits per heavy atom. The number of benzene rings is 3. The molecule has 29 heavy (non-hydrogen) atoms. The number of H-pyrrole nitrogens is 1. The van der Waals surface area contributed by atoms with Crippen LogP contribution in [0.3, 0.4) is 0 Å². The van der Waals surface area contributed by atoms with Gasteiger partial charge in [-0.25, -0.2) is 0 Å². The van der Waals surface area contributed by atoms with E-state index in [4.69, 9.17) is 4.74 Å². The number of hydrogen-bond donors (Lipinski definition) is 1. The summed E-state index contributed by atoms with van der Waals surface area (Å²) in [5, 5.41) is 1.26. The molecule has 0 spiro atoms. The van der Waals surface area contributed by atoms with Gasteiger partial charge >= 0.3 is 0 Å². The van der Waals surface area contributed by atoms with Gasteiger partial charge < -0.3 is 9.72 Å². The van der Waals surface area contributed by atoms with E-state index in [1.807, 2.05) is 48.7 Å². The molecular weight excluding hydrogens is 354 g/mol. The minimum absolute atomic E-state index is 0.857. The van der Waals surface area contributed by atoms with Gasteiger partial charge in [0, 0.05) is 11.7 Å². The first-order valence-corrected chi connectivity index (χ1v) is 10.1. The maximum atomic E-state index is 5.83. The summed E-state index contributed by atoms with van der Waals surface area (Å²) in [7, 11) is 0. The molecule has 0 aliphatic rings. The Balaban J connectivity index is 1.20. The number of fused-ring (bicyclic) bond motifs is 1.